The molecule has 1 N–H and O–H groups in total. The summed E-state index contributed by atoms with van der Waals surface area (Å²) < 4.78 is 1.96. The first-order valence-corrected chi connectivity index (χ1v) is 6.41. The van der Waals surface area contributed by atoms with Crippen LogP contribution in [0.4, 0.5) is 0 Å². The van der Waals surface area contributed by atoms with E-state index in [0.717, 1.165) is 5.56 Å². The van der Waals surface area contributed by atoms with E-state index >= 15 is 0 Å². The van der Waals surface area contributed by atoms with E-state index in [2.05, 4.69) is 20.9 Å². The minimum Gasteiger partial charge on any atom is -0.476 e. The highest BCUT2D eigenvalue weighted by molar-refractivity contribution is 9.10. The zero-order valence-corrected chi connectivity index (χ0v) is 11.8. The molecule has 1 unspecified atom stereocenters. The van der Waals surface area contributed by atoms with Crippen LogP contribution < -0.4 is 0 Å². The standard InChI is InChI=1S/C12H10BrClN2O2/c1-7(8-5-3-2-4-6-8)16-9(11(17)18)10(14)15-12(16)13/h2-7H,1H3,(H,17,18). The Balaban J connectivity index is 2.55. The Kier molecular flexibility index (Phi) is 3.73. The fourth-order valence-corrected chi connectivity index (χ4v) is 2.82. The number of carbonyl (C=O) groups is 1. The molecule has 0 bridgehead atoms. The minimum atomic E-state index is -1.10. The van der Waals surface area contributed by atoms with Gasteiger partial charge in [0, 0.05) is 0 Å². The first-order chi connectivity index (χ1) is 8.52. The average Bonchev–Trinajstić information content (AvgIpc) is 2.64. The molecule has 0 aliphatic carbocycles. The lowest BCUT2D eigenvalue weighted by molar-refractivity contribution is 0.0684. The highest BCUT2D eigenvalue weighted by Crippen LogP contribution is 2.29. The SMILES string of the molecule is CC(c1ccccc1)n1c(Br)nc(Cl)c1C(=O)O. The smallest absolute Gasteiger partial charge is 0.355 e. The third kappa shape index (κ3) is 2.28. The summed E-state index contributed by atoms with van der Waals surface area (Å²) in [6.45, 7) is 1.89. The van der Waals surface area contributed by atoms with Crippen LogP contribution in [0, 0.1) is 0 Å². The van der Waals surface area contributed by atoms with Crippen LogP contribution >= 0.6 is 27.5 Å². The third-order valence-corrected chi connectivity index (χ3v) is 3.52. The summed E-state index contributed by atoms with van der Waals surface area (Å²) >= 11 is 9.07. The molecule has 0 amide bonds. The van der Waals surface area contributed by atoms with Crippen LogP contribution in [0.15, 0.2) is 35.1 Å². The van der Waals surface area contributed by atoms with Crippen LogP contribution in [0.25, 0.3) is 0 Å². The van der Waals surface area contributed by atoms with E-state index in [1.807, 2.05) is 37.3 Å². The third-order valence-electron chi connectivity index (χ3n) is 2.70. The molecule has 1 atom stereocenters. The van der Waals surface area contributed by atoms with Gasteiger partial charge >= 0.3 is 5.97 Å². The second kappa shape index (κ2) is 5.12. The number of hydrogen-bond donors (Lipinski definition) is 1. The summed E-state index contributed by atoms with van der Waals surface area (Å²) in [7, 11) is 0. The number of rotatable bonds is 3. The molecule has 4 nitrogen and oxygen atoms in total. The molecule has 1 aromatic carbocycles. The Morgan fingerprint density at radius 2 is 2.06 bits per heavy atom. The number of carboxylic acid groups (broad SMARTS) is 1. The topological polar surface area (TPSA) is 55.1 Å². The summed E-state index contributed by atoms with van der Waals surface area (Å²) in [5.74, 6) is -1.10. The summed E-state index contributed by atoms with van der Waals surface area (Å²) in [5.41, 5.74) is 0.967. The summed E-state index contributed by atoms with van der Waals surface area (Å²) in [6.07, 6.45) is 0. The number of imidazole rings is 1. The molecule has 0 aliphatic heterocycles. The van der Waals surface area contributed by atoms with Gasteiger partial charge in [-0.2, -0.15) is 0 Å². The number of carboxylic acids is 1. The molecule has 0 saturated carbocycles. The Morgan fingerprint density at radius 1 is 1.44 bits per heavy atom. The van der Waals surface area contributed by atoms with Crippen LogP contribution in [-0.4, -0.2) is 20.6 Å². The predicted octanol–water partition coefficient (Wildman–Crippen LogP) is 3.61. The van der Waals surface area contributed by atoms with Crippen molar-refractivity contribution >= 4 is 33.5 Å². The number of benzene rings is 1. The van der Waals surface area contributed by atoms with Crippen molar-refractivity contribution in [3.63, 3.8) is 0 Å². The molecule has 2 rings (SSSR count). The van der Waals surface area contributed by atoms with Gasteiger partial charge in [-0.15, -0.1) is 0 Å². The van der Waals surface area contributed by atoms with Crippen molar-refractivity contribution in [2.75, 3.05) is 0 Å². The van der Waals surface area contributed by atoms with Gasteiger partial charge < -0.3 is 9.67 Å². The van der Waals surface area contributed by atoms with Crippen molar-refractivity contribution in [2.24, 2.45) is 0 Å². The van der Waals surface area contributed by atoms with E-state index in [1.54, 1.807) is 4.57 Å². The monoisotopic (exact) mass is 328 g/mol. The second-order valence-electron chi connectivity index (χ2n) is 3.78. The first-order valence-electron chi connectivity index (χ1n) is 5.24. The van der Waals surface area contributed by atoms with Gasteiger partial charge in [-0.1, -0.05) is 41.9 Å². The molecular formula is C12H10BrClN2O2. The Hall–Kier alpha value is -1.33. The molecule has 1 heterocycles. The van der Waals surface area contributed by atoms with Crippen molar-refractivity contribution in [3.8, 4) is 0 Å². The fraction of sp³-hybridized carbons (Fsp3) is 0.167. The molecule has 0 radical (unpaired) electrons. The zero-order chi connectivity index (χ0) is 13.3. The van der Waals surface area contributed by atoms with Gasteiger partial charge in [0.2, 0.25) is 0 Å². The fourth-order valence-electron chi connectivity index (χ4n) is 1.80. The van der Waals surface area contributed by atoms with Crippen molar-refractivity contribution in [1.82, 2.24) is 9.55 Å². The maximum atomic E-state index is 11.2. The molecule has 0 spiro atoms. The number of hydrogen-bond acceptors (Lipinski definition) is 2. The molecule has 18 heavy (non-hydrogen) atoms. The lowest BCUT2D eigenvalue weighted by atomic mass is 10.1. The summed E-state index contributed by atoms with van der Waals surface area (Å²) in [4.78, 5) is 15.2. The molecule has 0 aliphatic rings. The number of aromatic carboxylic acids is 1. The van der Waals surface area contributed by atoms with E-state index in [4.69, 9.17) is 11.6 Å². The van der Waals surface area contributed by atoms with Gasteiger partial charge in [0.15, 0.2) is 15.6 Å². The number of halogens is 2. The van der Waals surface area contributed by atoms with E-state index in [9.17, 15) is 9.90 Å². The predicted molar refractivity (Wildman–Crippen MR) is 72.2 cm³/mol. The second-order valence-corrected chi connectivity index (χ2v) is 4.85. The van der Waals surface area contributed by atoms with Gasteiger partial charge in [0.25, 0.3) is 0 Å². The van der Waals surface area contributed by atoms with Crippen molar-refractivity contribution in [2.45, 2.75) is 13.0 Å². The molecule has 1 aromatic heterocycles. The molecule has 94 valence electrons. The van der Waals surface area contributed by atoms with Crippen LogP contribution in [0.2, 0.25) is 5.15 Å². The minimum absolute atomic E-state index is 0.0140. The maximum absolute atomic E-state index is 11.2. The van der Waals surface area contributed by atoms with Crippen molar-refractivity contribution in [1.29, 1.82) is 0 Å². The van der Waals surface area contributed by atoms with Crippen LogP contribution in [0.5, 0.6) is 0 Å². The van der Waals surface area contributed by atoms with Gasteiger partial charge in [0.05, 0.1) is 6.04 Å². The normalized spacial score (nSPS) is 12.4. The van der Waals surface area contributed by atoms with Crippen molar-refractivity contribution in [3.05, 3.63) is 51.5 Å². The maximum Gasteiger partial charge on any atom is 0.355 e. The summed E-state index contributed by atoms with van der Waals surface area (Å²) in [5, 5.41) is 9.17. The van der Waals surface area contributed by atoms with E-state index in [1.165, 1.54) is 0 Å². The summed E-state index contributed by atoms with van der Waals surface area (Å²) in [6, 6.07) is 9.39. The molecule has 2 aromatic rings. The van der Waals surface area contributed by atoms with E-state index < -0.39 is 5.97 Å². The highest BCUT2D eigenvalue weighted by Gasteiger charge is 2.24. The zero-order valence-electron chi connectivity index (χ0n) is 9.47. The molecule has 0 saturated heterocycles. The van der Waals surface area contributed by atoms with Crippen LogP contribution in [0.3, 0.4) is 0 Å². The Bertz CT molecular complexity index is 583. The first kappa shape index (κ1) is 13.1. The highest BCUT2D eigenvalue weighted by atomic mass is 79.9. The number of aromatic nitrogens is 2. The van der Waals surface area contributed by atoms with E-state index in [0.29, 0.717) is 4.73 Å². The van der Waals surface area contributed by atoms with Crippen molar-refractivity contribution < 1.29 is 9.90 Å². The Morgan fingerprint density at radius 3 is 2.61 bits per heavy atom. The quantitative estimate of drug-likeness (QED) is 0.936. The largest absolute Gasteiger partial charge is 0.476 e. The van der Waals surface area contributed by atoms with Crippen LogP contribution in [0.1, 0.15) is 29.0 Å². The molecule has 6 heteroatoms. The molecule has 0 fully saturated rings. The Labute approximate surface area is 117 Å². The van der Waals surface area contributed by atoms with E-state index in [-0.39, 0.29) is 16.9 Å². The van der Waals surface area contributed by atoms with Crippen LogP contribution in [-0.2, 0) is 0 Å². The van der Waals surface area contributed by atoms with Gasteiger partial charge in [-0.3, -0.25) is 0 Å². The molecular weight excluding hydrogens is 320 g/mol. The van der Waals surface area contributed by atoms with Gasteiger partial charge in [0.1, 0.15) is 0 Å². The average molecular weight is 330 g/mol. The van der Waals surface area contributed by atoms with Gasteiger partial charge in [-0.25, -0.2) is 9.78 Å². The lowest BCUT2D eigenvalue weighted by Crippen LogP contribution is -2.14. The number of nitrogens with zero attached hydrogens (tertiary/aromatic N) is 2. The lowest BCUT2D eigenvalue weighted by Gasteiger charge is -2.16. The van der Waals surface area contributed by atoms with Gasteiger partial charge in [-0.05, 0) is 28.4 Å².